The molecule has 20 heavy (non-hydrogen) atoms. The van der Waals surface area contributed by atoms with E-state index in [0.717, 1.165) is 5.56 Å². The molecule has 0 saturated carbocycles. The number of nitroso groups, excluding NO2 is 1. The lowest BCUT2D eigenvalue weighted by atomic mass is 10.1. The van der Waals surface area contributed by atoms with Gasteiger partial charge in [-0.1, -0.05) is 24.3 Å². The van der Waals surface area contributed by atoms with E-state index >= 15 is 0 Å². The van der Waals surface area contributed by atoms with E-state index in [-0.39, 0.29) is 18.4 Å². The van der Waals surface area contributed by atoms with Gasteiger partial charge in [0, 0.05) is 0 Å². The topological polar surface area (TPSA) is 66.8 Å². The molecule has 0 radical (unpaired) electrons. The summed E-state index contributed by atoms with van der Waals surface area (Å²) in [6, 6.07) is 13.2. The van der Waals surface area contributed by atoms with Gasteiger partial charge in [0.05, 0.1) is 17.7 Å². The molecule has 3 rings (SSSR count). The molecule has 0 fully saturated rings. The fourth-order valence-corrected chi connectivity index (χ4v) is 2.23. The summed E-state index contributed by atoms with van der Waals surface area (Å²) in [7, 11) is 0. The fourth-order valence-electron chi connectivity index (χ4n) is 2.23. The van der Waals surface area contributed by atoms with E-state index in [9.17, 15) is 14.5 Å². The van der Waals surface area contributed by atoms with Gasteiger partial charge in [-0.2, -0.15) is 0 Å². The van der Waals surface area contributed by atoms with Crippen molar-refractivity contribution in [2.24, 2.45) is 5.18 Å². The molecular formula is C15H10N2O3. The Bertz CT molecular complexity index is 672. The van der Waals surface area contributed by atoms with Crippen LogP contribution >= 0.6 is 0 Å². The first kappa shape index (κ1) is 12.2. The maximum atomic E-state index is 12.2. The van der Waals surface area contributed by atoms with Gasteiger partial charge in [0.15, 0.2) is 0 Å². The molecule has 1 aliphatic heterocycles. The third-order valence-electron chi connectivity index (χ3n) is 3.26. The van der Waals surface area contributed by atoms with Crippen LogP contribution in [0.2, 0.25) is 0 Å². The summed E-state index contributed by atoms with van der Waals surface area (Å²) in [5.74, 6) is -0.577. The molecule has 0 atom stereocenters. The van der Waals surface area contributed by atoms with Crippen molar-refractivity contribution in [2.45, 2.75) is 6.54 Å². The maximum absolute atomic E-state index is 12.2. The average Bonchev–Trinajstić information content (AvgIpc) is 2.74. The van der Waals surface area contributed by atoms with Crippen LogP contribution in [0.4, 0.5) is 5.69 Å². The van der Waals surface area contributed by atoms with E-state index < -0.39 is 0 Å². The summed E-state index contributed by atoms with van der Waals surface area (Å²) < 4.78 is 0. The summed E-state index contributed by atoms with van der Waals surface area (Å²) >= 11 is 0. The molecule has 0 saturated heterocycles. The first-order valence-electron chi connectivity index (χ1n) is 6.08. The summed E-state index contributed by atoms with van der Waals surface area (Å²) in [5, 5.41) is 2.81. The molecule has 2 aromatic carbocycles. The van der Waals surface area contributed by atoms with Crippen molar-refractivity contribution >= 4 is 17.5 Å². The molecular weight excluding hydrogens is 256 g/mol. The van der Waals surface area contributed by atoms with Crippen LogP contribution in [0.15, 0.2) is 53.7 Å². The minimum absolute atomic E-state index is 0.186. The Morgan fingerprint density at radius 1 is 0.850 bits per heavy atom. The molecule has 1 aliphatic rings. The molecule has 0 bridgehead atoms. The van der Waals surface area contributed by atoms with Gasteiger partial charge in [-0.15, -0.1) is 4.91 Å². The number of nitrogens with zero attached hydrogens (tertiary/aromatic N) is 2. The zero-order valence-electron chi connectivity index (χ0n) is 10.4. The standard InChI is InChI=1S/C15H10N2O3/c18-14-12-3-1-2-4-13(12)15(19)17(14)9-10-5-7-11(16-20)8-6-10/h1-8H,9H2. The molecule has 2 amide bonds. The largest absolute Gasteiger partial charge is 0.270 e. The third kappa shape index (κ3) is 1.89. The van der Waals surface area contributed by atoms with Crippen molar-refractivity contribution in [2.75, 3.05) is 0 Å². The fraction of sp³-hybridized carbons (Fsp3) is 0.0667. The number of hydrogen-bond donors (Lipinski definition) is 0. The molecule has 5 nitrogen and oxygen atoms in total. The van der Waals surface area contributed by atoms with Crippen LogP contribution in [0.3, 0.4) is 0 Å². The van der Waals surface area contributed by atoms with Gasteiger partial charge in [0.25, 0.3) is 11.8 Å². The molecule has 0 aliphatic carbocycles. The Kier molecular flexibility index (Phi) is 2.87. The Morgan fingerprint density at radius 3 is 1.90 bits per heavy atom. The number of hydrogen-bond acceptors (Lipinski definition) is 4. The number of imide groups is 1. The number of carbonyl (C=O) groups is 2. The van der Waals surface area contributed by atoms with Crippen molar-refractivity contribution < 1.29 is 9.59 Å². The van der Waals surface area contributed by atoms with Crippen LogP contribution < -0.4 is 0 Å². The zero-order valence-corrected chi connectivity index (χ0v) is 10.4. The van der Waals surface area contributed by atoms with Crippen LogP contribution in [-0.4, -0.2) is 16.7 Å². The van der Waals surface area contributed by atoms with Crippen molar-refractivity contribution in [3.8, 4) is 0 Å². The van der Waals surface area contributed by atoms with Gasteiger partial charge in [0.2, 0.25) is 0 Å². The number of fused-ring (bicyclic) bond motifs is 1. The number of benzene rings is 2. The third-order valence-corrected chi connectivity index (χ3v) is 3.26. The Labute approximate surface area is 114 Å². The maximum Gasteiger partial charge on any atom is 0.261 e. The Hall–Kier alpha value is -2.82. The van der Waals surface area contributed by atoms with E-state index in [1.54, 1.807) is 48.5 Å². The van der Waals surface area contributed by atoms with E-state index in [1.807, 2.05) is 0 Å². The lowest BCUT2D eigenvalue weighted by molar-refractivity contribution is 0.0642. The number of amides is 2. The molecule has 0 aromatic heterocycles. The predicted molar refractivity (Wildman–Crippen MR) is 72.5 cm³/mol. The minimum atomic E-state index is -0.289. The first-order chi connectivity index (χ1) is 9.70. The molecule has 0 unspecified atom stereocenters. The molecule has 0 spiro atoms. The van der Waals surface area contributed by atoms with Crippen LogP contribution in [0.25, 0.3) is 0 Å². The van der Waals surface area contributed by atoms with Crippen molar-refractivity contribution in [3.63, 3.8) is 0 Å². The number of rotatable bonds is 3. The van der Waals surface area contributed by atoms with Gasteiger partial charge >= 0.3 is 0 Å². The average molecular weight is 266 g/mol. The predicted octanol–water partition coefficient (Wildman–Crippen LogP) is 2.88. The number of carbonyl (C=O) groups excluding carboxylic acids is 2. The lowest BCUT2D eigenvalue weighted by Crippen LogP contribution is -2.29. The van der Waals surface area contributed by atoms with Gasteiger partial charge in [-0.05, 0) is 35.0 Å². The first-order valence-corrected chi connectivity index (χ1v) is 6.08. The smallest absolute Gasteiger partial charge is 0.261 e. The molecule has 1 heterocycles. The highest BCUT2D eigenvalue weighted by atomic mass is 16.3. The van der Waals surface area contributed by atoms with Gasteiger partial charge in [-0.25, -0.2) is 0 Å². The molecule has 0 N–H and O–H groups in total. The van der Waals surface area contributed by atoms with Crippen molar-refractivity contribution in [3.05, 3.63) is 70.1 Å². The minimum Gasteiger partial charge on any atom is -0.270 e. The van der Waals surface area contributed by atoms with E-state index in [2.05, 4.69) is 5.18 Å². The van der Waals surface area contributed by atoms with Crippen LogP contribution in [0.5, 0.6) is 0 Å². The van der Waals surface area contributed by atoms with Gasteiger partial charge in [0.1, 0.15) is 5.69 Å². The van der Waals surface area contributed by atoms with Gasteiger partial charge < -0.3 is 0 Å². The summed E-state index contributed by atoms with van der Waals surface area (Å²) in [6.07, 6.45) is 0. The highest BCUT2D eigenvalue weighted by Crippen LogP contribution is 2.24. The lowest BCUT2D eigenvalue weighted by Gasteiger charge is -2.13. The summed E-state index contributed by atoms with van der Waals surface area (Å²) in [5.41, 5.74) is 1.95. The van der Waals surface area contributed by atoms with Crippen molar-refractivity contribution in [1.82, 2.24) is 4.90 Å². The van der Waals surface area contributed by atoms with Crippen LogP contribution in [0.1, 0.15) is 26.3 Å². The summed E-state index contributed by atoms with van der Waals surface area (Å²) in [6.45, 7) is 0.186. The Morgan fingerprint density at radius 2 is 1.40 bits per heavy atom. The second-order valence-electron chi connectivity index (χ2n) is 4.50. The van der Waals surface area contributed by atoms with Crippen molar-refractivity contribution in [1.29, 1.82) is 0 Å². The van der Waals surface area contributed by atoms with Gasteiger partial charge in [-0.3, -0.25) is 14.5 Å². The Balaban J connectivity index is 1.87. The van der Waals surface area contributed by atoms with E-state index in [4.69, 9.17) is 0 Å². The molecule has 5 heteroatoms. The summed E-state index contributed by atoms with van der Waals surface area (Å²) in [4.78, 5) is 35.9. The highest BCUT2D eigenvalue weighted by Gasteiger charge is 2.34. The van der Waals surface area contributed by atoms with E-state index in [0.29, 0.717) is 16.8 Å². The SMILES string of the molecule is O=Nc1ccc(CN2C(=O)c3ccccc3C2=O)cc1. The zero-order chi connectivity index (χ0) is 14.1. The van der Waals surface area contributed by atoms with Crippen LogP contribution in [0, 0.1) is 4.91 Å². The quantitative estimate of drug-likeness (QED) is 0.633. The monoisotopic (exact) mass is 266 g/mol. The molecule has 2 aromatic rings. The second kappa shape index (κ2) is 4.70. The second-order valence-corrected chi connectivity index (χ2v) is 4.50. The molecule has 98 valence electrons. The van der Waals surface area contributed by atoms with Crippen LogP contribution in [-0.2, 0) is 6.54 Å². The highest BCUT2D eigenvalue weighted by molar-refractivity contribution is 6.21. The van der Waals surface area contributed by atoms with E-state index in [1.165, 1.54) is 4.90 Å². The normalized spacial score (nSPS) is 13.5.